The molecule has 0 aliphatic heterocycles. The molecule has 0 spiro atoms. The molecular weight excluding hydrogens is 300 g/mol. The van der Waals surface area contributed by atoms with Crippen molar-refractivity contribution in [2.75, 3.05) is 6.54 Å². The average molecular weight is 315 g/mol. The highest BCUT2D eigenvalue weighted by molar-refractivity contribution is 9.10. The third-order valence-corrected chi connectivity index (χ3v) is 3.97. The van der Waals surface area contributed by atoms with Crippen molar-refractivity contribution in [1.29, 1.82) is 0 Å². The maximum atomic E-state index is 5.52. The van der Waals surface area contributed by atoms with Crippen LogP contribution in [-0.2, 0) is 6.42 Å². The molecule has 2 aromatic rings. The molecule has 2 heterocycles. The van der Waals surface area contributed by atoms with Crippen LogP contribution in [0.2, 0.25) is 0 Å². The number of aryl methyl sites for hydroxylation is 1. The number of aromatic nitrogens is 1. The van der Waals surface area contributed by atoms with Crippen molar-refractivity contribution in [2.24, 2.45) is 0 Å². The number of likely N-dealkylation sites (N-methyl/N-ethyl adjacent to an activating group) is 1. The van der Waals surface area contributed by atoms with E-state index in [-0.39, 0.29) is 6.04 Å². The van der Waals surface area contributed by atoms with Crippen LogP contribution in [0, 0.1) is 6.92 Å². The van der Waals surface area contributed by atoms with Crippen molar-refractivity contribution in [3.63, 3.8) is 0 Å². The van der Waals surface area contributed by atoms with Crippen molar-refractivity contribution >= 4 is 27.3 Å². The predicted octanol–water partition coefficient (Wildman–Crippen LogP) is 3.70. The maximum absolute atomic E-state index is 5.52. The predicted molar refractivity (Wildman–Crippen MR) is 73.4 cm³/mol. The summed E-state index contributed by atoms with van der Waals surface area (Å²) in [6.07, 6.45) is 2.56. The second kappa shape index (κ2) is 5.80. The van der Waals surface area contributed by atoms with Gasteiger partial charge in [-0.2, -0.15) is 0 Å². The molecule has 3 nitrogen and oxygen atoms in total. The molecule has 5 heteroatoms. The molecule has 0 aliphatic rings. The molecule has 0 saturated carbocycles. The fraction of sp³-hybridized carbons (Fsp3) is 0.417. The van der Waals surface area contributed by atoms with Crippen LogP contribution in [0.15, 0.2) is 26.6 Å². The minimum absolute atomic E-state index is 0.172. The Balaban J connectivity index is 2.15. The number of halogens is 1. The fourth-order valence-corrected chi connectivity index (χ4v) is 2.87. The van der Waals surface area contributed by atoms with Crippen LogP contribution in [0.1, 0.15) is 29.4 Å². The van der Waals surface area contributed by atoms with E-state index < -0.39 is 0 Å². The molecule has 0 bridgehead atoms. The van der Waals surface area contributed by atoms with E-state index in [0.29, 0.717) is 0 Å². The smallest absolute Gasteiger partial charge is 0.135 e. The van der Waals surface area contributed by atoms with Gasteiger partial charge in [0.1, 0.15) is 5.76 Å². The molecule has 2 rings (SSSR count). The Morgan fingerprint density at radius 1 is 1.59 bits per heavy atom. The van der Waals surface area contributed by atoms with Crippen LogP contribution in [-0.4, -0.2) is 11.5 Å². The Hall–Kier alpha value is -0.650. The van der Waals surface area contributed by atoms with E-state index in [0.717, 1.165) is 33.9 Å². The van der Waals surface area contributed by atoms with Gasteiger partial charge in [-0.05, 0) is 35.5 Å². The van der Waals surface area contributed by atoms with Gasteiger partial charge in [0, 0.05) is 11.8 Å². The minimum Gasteiger partial charge on any atom is -0.466 e. The second-order valence-electron chi connectivity index (χ2n) is 3.81. The van der Waals surface area contributed by atoms with Gasteiger partial charge in [0.05, 0.1) is 27.5 Å². The monoisotopic (exact) mass is 314 g/mol. The Labute approximate surface area is 113 Å². The number of thiazole rings is 1. The molecule has 1 unspecified atom stereocenters. The van der Waals surface area contributed by atoms with E-state index in [1.807, 2.05) is 13.0 Å². The Bertz CT molecular complexity index is 480. The molecule has 0 radical (unpaired) electrons. The Morgan fingerprint density at radius 3 is 2.94 bits per heavy atom. The Morgan fingerprint density at radius 2 is 2.41 bits per heavy atom. The summed E-state index contributed by atoms with van der Waals surface area (Å²) in [6.45, 7) is 5.02. The summed E-state index contributed by atoms with van der Waals surface area (Å²) in [7, 11) is 0. The summed E-state index contributed by atoms with van der Waals surface area (Å²) in [6, 6.07) is 2.09. The summed E-state index contributed by atoms with van der Waals surface area (Å²) < 4.78 is 6.53. The second-order valence-corrected chi connectivity index (χ2v) is 5.72. The molecule has 1 atom stereocenters. The highest BCUT2D eigenvalue weighted by Gasteiger charge is 2.18. The summed E-state index contributed by atoms with van der Waals surface area (Å²) in [5.41, 5.74) is 1.11. The van der Waals surface area contributed by atoms with Crippen molar-refractivity contribution < 1.29 is 4.42 Å². The molecule has 1 N–H and O–H groups in total. The quantitative estimate of drug-likeness (QED) is 0.914. The molecule has 0 fully saturated rings. The van der Waals surface area contributed by atoms with Gasteiger partial charge in [-0.3, -0.25) is 0 Å². The van der Waals surface area contributed by atoms with Crippen LogP contribution in [0.25, 0.3) is 0 Å². The van der Waals surface area contributed by atoms with Gasteiger partial charge < -0.3 is 9.73 Å². The normalized spacial score (nSPS) is 12.9. The van der Waals surface area contributed by atoms with Crippen LogP contribution < -0.4 is 5.32 Å². The zero-order chi connectivity index (χ0) is 12.3. The molecule has 92 valence electrons. The van der Waals surface area contributed by atoms with E-state index in [1.165, 1.54) is 0 Å². The third kappa shape index (κ3) is 3.18. The fourth-order valence-electron chi connectivity index (χ4n) is 1.77. The van der Waals surface area contributed by atoms with E-state index in [9.17, 15) is 0 Å². The number of hydrogen-bond acceptors (Lipinski definition) is 4. The summed E-state index contributed by atoms with van der Waals surface area (Å²) in [4.78, 5) is 4.49. The first kappa shape index (κ1) is 12.8. The topological polar surface area (TPSA) is 38.1 Å². The maximum Gasteiger partial charge on any atom is 0.135 e. The largest absolute Gasteiger partial charge is 0.466 e. The lowest BCUT2D eigenvalue weighted by Gasteiger charge is -2.14. The summed E-state index contributed by atoms with van der Waals surface area (Å²) in [5.74, 6) is 0.942. The van der Waals surface area contributed by atoms with Gasteiger partial charge in [0.2, 0.25) is 0 Å². The number of furan rings is 1. The lowest BCUT2D eigenvalue weighted by atomic mass is 10.1. The van der Waals surface area contributed by atoms with Gasteiger partial charge in [-0.25, -0.2) is 4.98 Å². The van der Waals surface area contributed by atoms with E-state index >= 15 is 0 Å². The standard InChI is InChI=1S/C12H15BrN2OS/c1-3-14-11(12-10(13)4-5-16-12)6-9-7-17-8(2)15-9/h4-5,7,11,14H,3,6H2,1-2H3. The van der Waals surface area contributed by atoms with E-state index in [4.69, 9.17) is 4.42 Å². The van der Waals surface area contributed by atoms with Gasteiger partial charge in [0.25, 0.3) is 0 Å². The first-order valence-corrected chi connectivity index (χ1v) is 7.25. The van der Waals surface area contributed by atoms with Crippen LogP contribution in [0.4, 0.5) is 0 Å². The first-order valence-electron chi connectivity index (χ1n) is 5.58. The molecule has 0 amide bonds. The van der Waals surface area contributed by atoms with Gasteiger partial charge in [-0.15, -0.1) is 11.3 Å². The summed E-state index contributed by atoms with van der Waals surface area (Å²) >= 11 is 5.19. The van der Waals surface area contributed by atoms with Crippen molar-refractivity contribution in [1.82, 2.24) is 10.3 Å². The minimum atomic E-state index is 0.172. The molecule has 2 aromatic heterocycles. The number of nitrogens with one attached hydrogen (secondary N) is 1. The van der Waals surface area contributed by atoms with Gasteiger partial charge >= 0.3 is 0 Å². The molecule has 17 heavy (non-hydrogen) atoms. The van der Waals surface area contributed by atoms with Gasteiger partial charge in [0.15, 0.2) is 0 Å². The zero-order valence-corrected chi connectivity index (χ0v) is 12.3. The highest BCUT2D eigenvalue weighted by atomic mass is 79.9. The Kier molecular flexibility index (Phi) is 4.36. The van der Waals surface area contributed by atoms with Gasteiger partial charge in [-0.1, -0.05) is 6.92 Å². The SMILES string of the molecule is CCNC(Cc1csc(C)n1)c1occc1Br. The lowest BCUT2D eigenvalue weighted by Crippen LogP contribution is -2.23. The number of nitrogens with zero attached hydrogens (tertiary/aromatic N) is 1. The molecule has 0 saturated heterocycles. The highest BCUT2D eigenvalue weighted by Crippen LogP contribution is 2.27. The lowest BCUT2D eigenvalue weighted by molar-refractivity contribution is 0.412. The van der Waals surface area contributed by atoms with E-state index in [1.54, 1.807) is 17.6 Å². The molecule has 0 aromatic carbocycles. The molecular formula is C12H15BrN2OS. The third-order valence-electron chi connectivity index (χ3n) is 2.49. The van der Waals surface area contributed by atoms with Crippen molar-refractivity contribution in [3.8, 4) is 0 Å². The van der Waals surface area contributed by atoms with E-state index in [2.05, 4.69) is 38.5 Å². The number of rotatable bonds is 5. The summed E-state index contributed by atoms with van der Waals surface area (Å²) in [5, 5.41) is 6.64. The van der Waals surface area contributed by atoms with Crippen LogP contribution in [0.3, 0.4) is 0 Å². The zero-order valence-electron chi connectivity index (χ0n) is 9.87. The first-order chi connectivity index (χ1) is 8.20. The van der Waals surface area contributed by atoms with Crippen LogP contribution in [0.5, 0.6) is 0 Å². The van der Waals surface area contributed by atoms with Crippen molar-refractivity contribution in [3.05, 3.63) is 38.6 Å². The number of hydrogen-bond donors (Lipinski definition) is 1. The average Bonchev–Trinajstić information content (AvgIpc) is 2.87. The van der Waals surface area contributed by atoms with Crippen molar-refractivity contribution in [2.45, 2.75) is 26.3 Å². The van der Waals surface area contributed by atoms with Crippen LogP contribution >= 0.6 is 27.3 Å². The molecule has 0 aliphatic carbocycles.